The Bertz CT molecular complexity index is 459. The maximum Gasteiger partial charge on any atom is 0.363 e. The summed E-state index contributed by atoms with van der Waals surface area (Å²) in [7, 11) is 1.35. The second-order valence-corrected chi connectivity index (χ2v) is 3.96. The highest BCUT2D eigenvalue weighted by Gasteiger charge is 2.15. The van der Waals surface area contributed by atoms with Crippen molar-refractivity contribution in [1.82, 2.24) is 5.06 Å². The van der Waals surface area contributed by atoms with Gasteiger partial charge in [0.2, 0.25) is 5.91 Å². The van der Waals surface area contributed by atoms with Gasteiger partial charge in [0.1, 0.15) is 0 Å². The highest BCUT2D eigenvalue weighted by Crippen LogP contribution is 2.05. The third-order valence-electron chi connectivity index (χ3n) is 2.39. The Morgan fingerprint density at radius 1 is 1.16 bits per heavy atom. The van der Waals surface area contributed by atoms with E-state index in [1.165, 1.54) is 7.05 Å². The first kappa shape index (κ1) is 14.7. The van der Waals surface area contributed by atoms with Crippen molar-refractivity contribution in [3.05, 3.63) is 35.9 Å². The van der Waals surface area contributed by atoms with Crippen LogP contribution in [0.5, 0.6) is 0 Å². The van der Waals surface area contributed by atoms with Gasteiger partial charge in [0.05, 0.1) is 5.56 Å². The molecule has 102 valence electrons. The lowest BCUT2D eigenvalue weighted by atomic mass is 10.2. The summed E-state index contributed by atoms with van der Waals surface area (Å²) in [5.74, 6) is -1.45. The van der Waals surface area contributed by atoms with Crippen LogP contribution >= 0.6 is 0 Å². The maximum atomic E-state index is 11.7. The van der Waals surface area contributed by atoms with Crippen molar-refractivity contribution in [1.29, 1.82) is 0 Å². The first-order valence-electron chi connectivity index (χ1n) is 5.83. The monoisotopic (exact) mass is 264 g/mol. The van der Waals surface area contributed by atoms with E-state index in [2.05, 4.69) is 0 Å². The zero-order chi connectivity index (χ0) is 14.3. The zero-order valence-corrected chi connectivity index (χ0v) is 10.7. The van der Waals surface area contributed by atoms with Gasteiger partial charge >= 0.3 is 5.97 Å². The normalized spacial score (nSPS) is 9.74. The minimum absolute atomic E-state index is 0.0987. The molecule has 0 radical (unpaired) electrons. The molecule has 0 spiro atoms. The summed E-state index contributed by atoms with van der Waals surface area (Å²) in [5, 5.41) is 0.871. The van der Waals surface area contributed by atoms with Crippen LogP contribution in [0, 0.1) is 0 Å². The highest BCUT2D eigenvalue weighted by molar-refractivity contribution is 5.90. The van der Waals surface area contributed by atoms with Gasteiger partial charge in [-0.1, -0.05) is 18.2 Å². The Labute approximate surface area is 111 Å². The van der Waals surface area contributed by atoms with Crippen molar-refractivity contribution >= 4 is 17.8 Å². The van der Waals surface area contributed by atoms with E-state index in [1.54, 1.807) is 30.3 Å². The molecule has 0 aromatic heterocycles. The molecule has 2 N–H and O–H groups in total. The van der Waals surface area contributed by atoms with E-state index in [4.69, 9.17) is 10.6 Å². The first-order valence-corrected chi connectivity index (χ1v) is 5.83. The Kier molecular flexibility index (Phi) is 5.53. The smallest absolute Gasteiger partial charge is 0.363 e. The molecule has 2 amide bonds. The molecule has 0 unspecified atom stereocenters. The lowest BCUT2D eigenvalue weighted by Gasteiger charge is -2.15. The molecule has 0 atom stereocenters. The number of hydrogen-bond acceptors (Lipinski definition) is 4. The molecule has 0 saturated carbocycles. The van der Waals surface area contributed by atoms with Crippen molar-refractivity contribution in [2.24, 2.45) is 5.73 Å². The van der Waals surface area contributed by atoms with Gasteiger partial charge in [0.25, 0.3) is 5.91 Å². The summed E-state index contributed by atoms with van der Waals surface area (Å²) >= 11 is 0. The number of amides is 2. The molecule has 0 fully saturated rings. The van der Waals surface area contributed by atoms with Crippen molar-refractivity contribution in [2.45, 2.75) is 19.3 Å². The summed E-state index contributed by atoms with van der Waals surface area (Å²) in [6, 6.07) is 8.35. The minimum Gasteiger partial charge on any atom is -0.370 e. The Morgan fingerprint density at radius 3 is 2.37 bits per heavy atom. The molecule has 0 aliphatic heterocycles. The molecule has 0 saturated heterocycles. The predicted molar refractivity (Wildman–Crippen MR) is 67.7 cm³/mol. The van der Waals surface area contributed by atoms with E-state index in [9.17, 15) is 14.4 Å². The van der Waals surface area contributed by atoms with Crippen LogP contribution in [0.25, 0.3) is 0 Å². The summed E-state index contributed by atoms with van der Waals surface area (Å²) in [4.78, 5) is 38.6. The fourth-order valence-corrected chi connectivity index (χ4v) is 1.37. The Balaban J connectivity index is 2.41. The molecular formula is C13H16N2O4. The Hall–Kier alpha value is -2.37. The third kappa shape index (κ3) is 5.20. The van der Waals surface area contributed by atoms with Crippen LogP contribution in [0.3, 0.4) is 0 Å². The SMILES string of the molecule is CN(OC(=O)c1ccccc1)C(=O)CCCC(N)=O. The summed E-state index contributed by atoms with van der Waals surface area (Å²) in [5.41, 5.74) is 5.32. The summed E-state index contributed by atoms with van der Waals surface area (Å²) < 4.78 is 0. The van der Waals surface area contributed by atoms with Crippen LogP contribution in [0.15, 0.2) is 30.3 Å². The van der Waals surface area contributed by atoms with E-state index >= 15 is 0 Å². The molecule has 1 aromatic carbocycles. The van der Waals surface area contributed by atoms with Gasteiger partial charge in [-0.25, -0.2) is 4.79 Å². The second-order valence-electron chi connectivity index (χ2n) is 3.96. The van der Waals surface area contributed by atoms with E-state index in [0.29, 0.717) is 12.0 Å². The fraction of sp³-hybridized carbons (Fsp3) is 0.308. The molecule has 6 nitrogen and oxygen atoms in total. The number of rotatable bonds is 5. The number of nitrogens with zero attached hydrogens (tertiary/aromatic N) is 1. The molecule has 0 aliphatic carbocycles. The molecule has 0 heterocycles. The van der Waals surface area contributed by atoms with E-state index in [-0.39, 0.29) is 18.7 Å². The fourth-order valence-electron chi connectivity index (χ4n) is 1.37. The standard InChI is InChI=1S/C13H16N2O4/c1-15(12(17)9-5-8-11(14)16)19-13(18)10-6-3-2-4-7-10/h2-4,6-7H,5,8-9H2,1H3,(H2,14,16). The Morgan fingerprint density at radius 2 is 1.79 bits per heavy atom. The first-order chi connectivity index (χ1) is 9.00. The van der Waals surface area contributed by atoms with Crippen molar-refractivity contribution in [3.63, 3.8) is 0 Å². The minimum atomic E-state index is -0.605. The maximum absolute atomic E-state index is 11.7. The molecule has 1 aromatic rings. The topological polar surface area (TPSA) is 89.7 Å². The van der Waals surface area contributed by atoms with Gasteiger partial charge in [0.15, 0.2) is 0 Å². The molecule has 1 rings (SSSR count). The summed E-state index contributed by atoms with van der Waals surface area (Å²) in [6.45, 7) is 0. The van der Waals surface area contributed by atoms with Crippen molar-refractivity contribution < 1.29 is 19.2 Å². The summed E-state index contributed by atoms with van der Waals surface area (Å²) in [6.07, 6.45) is 0.565. The van der Waals surface area contributed by atoms with E-state index < -0.39 is 11.9 Å². The van der Waals surface area contributed by atoms with E-state index in [0.717, 1.165) is 5.06 Å². The predicted octanol–water partition coefficient (Wildman–Crippen LogP) is 0.872. The van der Waals surface area contributed by atoms with Crippen LogP contribution < -0.4 is 5.73 Å². The van der Waals surface area contributed by atoms with Gasteiger partial charge in [-0.15, -0.1) is 0 Å². The average molecular weight is 264 g/mol. The van der Waals surface area contributed by atoms with Gasteiger partial charge < -0.3 is 10.6 Å². The number of primary amides is 1. The molecule has 19 heavy (non-hydrogen) atoms. The quantitative estimate of drug-likeness (QED) is 0.799. The lowest BCUT2D eigenvalue weighted by Crippen LogP contribution is -2.29. The lowest BCUT2D eigenvalue weighted by molar-refractivity contribution is -0.161. The van der Waals surface area contributed by atoms with Crippen LogP contribution in [0.4, 0.5) is 0 Å². The second kappa shape index (κ2) is 7.15. The number of hydrogen-bond donors (Lipinski definition) is 1. The number of hydroxylamine groups is 2. The average Bonchev–Trinajstić information content (AvgIpc) is 2.39. The molecule has 0 aliphatic rings. The highest BCUT2D eigenvalue weighted by atomic mass is 16.7. The van der Waals surface area contributed by atoms with Crippen LogP contribution in [-0.2, 0) is 14.4 Å². The van der Waals surface area contributed by atoms with Gasteiger partial charge in [-0.2, -0.15) is 5.06 Å². The van der Waals surface area contributed by atoms with Gasteiger partial charge in [0, 0.05) is 19.9 Å². The van der Waals surface area contributed by atoms with Crippen LogP contribution in [0.1, 0.15) is 29.6 Å². The van der Waals surface area contributed by atoms with Gasteiger partial charge in [-0.05, 0) is 18.6 Å². The molecule has 0 bridgehead atoms. The number of carbonyl (C=O) groups is 3. The van der Waals surface area contributed by atoms with Crippen LogP contribution in [-0.4, -0.2) is 29.9 Å². The van der Waals surface area contributed by atoms with Gasteiger partial charge in [-0.3, -0.25) is 9.59 Å². The van der Waals surface area contributed by atoms with Crippen LogP contribution in [0.2, 0.25) is 0 Å². The van der Waals surface area contributed by atoms with Crippen molar-refractivity contribution in [2.75, 3.05) is 7.05 Å². The largest absolute Gasteiger partial charge is 0.370 e. The zero-order valence-electron chi connectivity index (χ0n) is 10.7. The number of carbonyl (C=O) groups excluding carboxylic acids is 3. The molecule has 6 heteroatoms. The van der Waals surface area contributed by atoms with E-state index in [1.807, 2.05) is 0 Å². The number of benzene rings is 1. The number of nitrogens with two attached hydrogens (primary N) is 1. The molecular weight excluding hydrogens is 248 g/mol. The van der Waals surface area contributed by atoms with Crippen molar-refractivity contribution in [3.8, 4) is 0 Å². The third-order valence-corrected chi connectivity index (χ3v) is 2.39.